The van der Waals surface area contributed by atoms with Crippen LogP contribution in [0, 0.1) is 17.1 Å². The first kappa shape index (κ1) is 22.3. The summed E-state index contributed by atoms with van der Waals surface area (Å²) in [5, 5.41) is 19.0. The van der Waals surface area contributed by atoms with Crippen molar-refractivity contribution in [1.29, 1.82) is 5.26 Å². The number of hydrogen-bond acceptors (Lipinski definition) is 5. The van der Waals surface area contributed by atoms with E-state index >= 15 is 0 Å². The molecule has 1 aromatic heterocycles. The van der Waals surface area contributed by atoms with Crippen molar-refractivity contribution in [3.05, 3.63) is 70.8 Å². The van der Waals surface area contributed by atoms with Gasteiger partial charge in [0.25, 0.3) is 5.91 Å². The van der Waals surface area contributed by atoms with Gasteiger partial charge in [0, 0.05) is 43.4 Å². The first-order valence-corrected chi connectivity index (χ1v) is 11.6. The fraction of sp³-hybridized carbons (Fsp3) is 0.346. The zero-order valence-corrected chi connectivity index (χ0v) is 18.7. The minimum atomic E-state index is -0.652. The number of aromatic nitrogens is 2. The van der Waals surface area contributed by atoms with E-state index in [0.717, 1.165) is 12.1 Å². The summed E-state index contributed by atoms with van der Waals surface area (Å²) in [6.45, 7) is 0.816. The van der Waals surface area contributed by atoms with Crippen LogP contribution in [0.2, 0.25) is 0 Å². The lowest BCUT2D eigenvalue weighted by Gasteiger charge is -2.16. The number of hydrogen-bond donors (Lipinski definition) is 2. The zero-order valence-electron chi connectivity index (χ0n) is 18.7. The van der Waals surface area contributed by atoms with Crippen molar-refractivity contribution in [2.24, 2.45) is 5.73 Å². The minimum absolute atomic E-state index is 0.0615. The highest BCUT2D eigenvalue weighted by Gasteiger charge is 2.31. The monoisotopic (exact) mass is 459 g/mol. The van der Waals surface area contributed by atoms with Crippen molar-refractivity contribution in [3.63, 3.8) is 0 Å². The number of carbonyl (C=O) groups excluding carboxylic acids is 1. The van der Waals surface area contributed by atoms with E-state index in [-0.39, 0.29) is 36.2 Å². The SMILES string of the molecule is N#Cc1ccc(-c2nc(C(=O)N3CC[C@H](N)C3)c(CCO)n2-c2ccc(C3CC3)cc2)cc1F. The smallest absolute Gasteiger partial charge is 0.274 e. The quantitative estimate of drug-likeness (QED) is 0.589. The molecule has 7 nitrogen and oxygen atoms in total. The van der Waals surface area contributed by atoms with Crippen molar-refractivity contribution < 1.29 is 14.3 Å². The second-order valence-corrected chi connectivity index (χ2v) is 9.01. The fourth-order valence-corrected chi connectivity index (χ4v) is 4.61. The van der Waals surface area contributed by atoms with Gasteiger partial charge in [0.1, 0.15) is 17.7 Å². The minimum Gasteiger partial charge on any atom is -0.396 e. The highest BCUT2D eigenvalue weighted by Crippen LogP contribution is 2.40. The predicted molar refractivity (Wildman–Crippen MR) is 125 cm³/mol. The van der Waals surface area contributed by atoms with Crippen LogP contribution in [0.25, 0.3) is 17.1 Å². The molecule has 2 aromatic carbocycles. The molecule has 8 heteroatoms. The lowest BCUT2D eigenvalue weighted by Crippen LogP contribution is -2.32. The lowest BCUT2D eigenvalue weighted by molar-refractivity contribution is 0.0784. The number of carbonyl (C=O) groups is 1. The Bertz CT molecular complexity index is 1270. The first-order valence-electron chi connectivity index (χ1n) is 11.6. The molecule has 2 heterocycles. The van der Waals surface area contributed by atoms with Gasteiger partial charge in [-0.25, -0.2) is 9.37 Å². The molecule has 5 rings (SSSR count). The average molecular weight is 460 g/mol. The van der Waals surface area contributed by atoms with Crippen LogP contribution in [0.1, 0.15) is 52.5 Å². The van der Waals surface area contributed by atoms with Gasteiger partial charge in [0.2, 0.25) is 0 Å². The van der Waals surface area contributed by atoms with Gasteiger partial charge in [-0.05, 0) is 61.1 Å². The number of nitrogens with two attached hydrogens (primary N) is 1. The van der Waals surface area contributed by atoms with Crippen LogP contribution in [0.15, 0.2) is 42.5 Å². The highest BCUT2D eigenvalue weighted by molar-refractivity contribution is 5.95. The number of imidazole rings is 1. The Balaban J connectivity index is 1.67. The van der Waals surface area contributed by atoms with Gasteiger partial charge in [0.15, 0.2) is 5.69 Å². The van der Waals surface area contributed by atoms with Crippen molar-refractivity contribution in [2.45, 2.75) is 37.6 Å². The van der Waals surface area contributed by atoms with E-state index in [1.807, 2.05) is 22.8 Å². The number of benzene rings is 2. The molecule has 0 radical (unpaired) electrons. The van der Waals surface area contributed by atoms with Crippen LogP contribution in [0.4, 0.5) is 4.39 Å². The summed E-state index contributed by atoms with van der Waals surface area (Å²) in [6, 6.07) is 14.1. The van der Waals surface area contributed by atoms with Gasteiger partial charge in [-0.3, -0.25) is 9.36 Å². The second-order valence-electron chi connectivity index (χ2n) is 9.01. The van der Waals surface area contributed by atoms with Crippen LogP contribution < -0.4 is 5.73 Å². The largest absolute Gasteiger partial charge is 0.396 e. The Kier molecular flexibility index (Phi) is 5.90. The molecule has 1 amide bonds. The van der Waals surface area contributed by atoms with Crippen LogP contribution in [-0.2, 0) is 6.42 Å². The van der Waals surface area contributed by atoms with Crippen LogP contribution in [0.5, 0.6) is 0 Å². The van der Waals surface area contributed by atoms with Gasteiger partial charge in [-0.15, -0.1) is 0 Å². The van der Waals surface area contributed by atoms with Crippen molar-refractivity contribution >= 4 is 5.91 Å². The van der Waals surface area contributed by atoms with E-state index in [0.29, 0.717) is 36.1 Å². The van der Waals surface area contributed by atoms with E-state index < -0.39 is 5.82 Å². The molecular weight excluding hydrogens is 433 g/mol. The molecule has 1 aliphatic carbocycles. The number of halogens is 1. The number of amides is 1. The van der Waals surface area contributed by atoms with Crippen LogP contribution in [0.3, 0.4) is 0 Å². The molecule has 34 heavy (non-hydrogen) atoms. The van der Waals surface area contributed by atoms with Crippen LogP contribution in [-0.4, -0.2) is 51.2 Å². The molecule has 3 aromatic rings. The van der Waals surface area contributed by atoms with Gasteiger partial charge in [-0.2, -0.15) is 5.26 Å². The molecule has 0 spiro atoms. The maximum Gasteiger partial charge on any atom is 0.274 e. The molecular formula is C26H26FN5O2. The van der Waals surface area contributed by atoms with E-state index in [1.165, 1.54) is 30.5 Å². The molecule has 1 aliphatic heterocycles. The molecule has 1 saturated heterocycles. The number of nitrogens with zero attached hydrogens (tertiary/aromatic N) is 4. The normalized spacial score (nSPS) is 17.7. The number of nitriles is 1. The third-order valence-corrected chi connectivity index (χ3v) is 6.58. The van der Waals surface area contributed by atoms with Gasteiger partial charge < -0.3 is 15.7 Å². The highest BCUT2D eigenvalue weighted by atomic mass is 19.1. The molecule has 2 fully saturated rings. The fourth-order valence-electron chi connectivity index (χ4n) is 4.61. The molecule has 2 aliphatic rings. The lowest BCUT2D eigenvalue weighted by atomic mass is 10.1. The topological polar surface area (TPSA) is 108 Å². The Morgan fingerprint density at radius 1 is 1.21 bits per heavy atom. The summed E-state index contributed by atoms with van der Waals surface area (Å²) in [7, 11) is 0. The van der Waals surface area contributed by atoms with Crippen molar-refractivity contribution in [1.82, 2.24) is 14.5 Å². The summed E-state index contributed by atoms with van der Waals surface area (Å²) in [6.07, 6.45) is 3.30. The third kappa shape index (κ3) is 4.09. The van der Waals surface area contributed by atoms with Crippen molar-refractivity contribution in [2.75, 3.05) is 19.7 Å². The van der Waals surface area contributed by atoms with E-state index in [9.17, 15) is 14.3 Å². The summed E-state index contributed by atoms with van der Waals surface area (Å²) in [4.78, 5) is 19.8. The molecule has 174 valence electrons. The van der Waals surface area contributed by atoms with E-state index in [2.05, 4.69) is 17.1 Å². The standard InChI is InChI=1S/C26H26FN5O2/c27-22-13-18(3-4-19(22)14-28)25-30-24(26(34)31-11-9-20(29)15-31)23(10-12-33)32(25)21-7-5-17(6-8-21)16-1-2-16/h3-8,13,16,20,33H,1-2,9-12,15,29H2/t20-/m0/s1. The van der Waals surface area contributed by atoms with Gasteiger partial charge >= 0.3 is 0 Å². The maximum absolute atomic E-state index is 14.5. The van der Waals surface area contributed by atoms with E-state index in [4.69, 9.17) is 11.0 Å². The van der Waals surface area contributed by atoms with E-state index in [1.54, 1.807) is 11.0 Å². The Labute approximate surface area is 197 Å². The van der Waals surface area contributed by atoms with Crippen LogP contribution >= 0.6 is 0 Å². The van der Waals surface area contributed by atoms with Crippen molar-refractivity contribution in [3.8, 4) is 23.1 Å². The predicted octanol–water partition coefficient (Wildman–Crippen LogP) is 3.14. The number of aliphatic hydroxyl groups excluding tert-OH is 1. The first-order chi connectivity index (χ1) is 16.5. The Morgan fingerprint density at radius 2 is 1.97 bits per heavy atom. The number of aliphatic hydroxyl groups is 1. The van der Waals surface area contributed by atoms with Gasteiger partial charge in [-0.1, -0.05) is 12.1 Å². The second kappa shape index (κ2) is 9.01. The summed E-state index contributed by atoms with van der Waals surface area (Å²) in [5.74, 6) is 0.0797. The summed E-state index contributed by atoms with van der Waals surface area (Å²) in [5.41, 5.74) is 9.23. The average Bonchev–Trinajstić information content (AvgIpc) is 3.50. The molecule has 1 atom stereocenters. The molecule has 0 bridgehead atoms. The van der Waals surface area contributed by atoms with Gasteiger partial charge in [0.05, 0.1) is 11.3 Å². The molecule has 1 saturated carbocycles. The third-order valence-electron chi connectivity index (χ3n) is 6.58. The zero-order chi connectivity index (χ0) is 23.8. The number of likely N-dealkylation sites (tertiary alicyclic amines) is 1. The Hall–Kier alpha value is -3.54. The summed E-state index contributed by atoms with van der Waals surface area (Å²) < 4.78 is 16.3. The number of rotatable bonds is 6. The Morgan fingerprint density at radius 3 is 2.56 bits per heavy atom. The molecule has 0 unspecified atom stereocenters. The maximum atomic E-state index is 14.5. The molecule has 3 N–H and O–H groups in total. The summed E-state index contributed by atoms with van der Waals surface area (Å²) >= 11 is 0.